The molecule has 1 heterocycles. The number of rotatable bonds is 7. The number of benzene rings is 1. The Hall–Kier alpha value is -1.47. The van der Waals surface area contributed by atoms with Crippen LogP contribution < -0.4 is 5.32 Å². The van der Waals surface area contributed by atoms with Crippen LogP contribution >= 0.6 is 22.9 Å². The predicted octanol–water partition coefficient (Wildman–Crippen LogP) is 4.12. The Balaban J connectivity index is 1.76. The van der Waals surface area contributed by atoms with Gasteiger partial charge in [-0.05, 0) is 30.0 Å². The molecule has 2 unspecified atom stereocenters. The molecular weight excluding hydrogens is 372 g/mol. The van der Waals surface area contributed by atoms with Crippen LogP contribution in [0.15, 0.2) is 29.6 Å². The number of halogens is 1. The molecule has 1 aliphatic rings. The van der Waals surface area contributed by atoms with Crippen LogP contribution in [0.1, 0.15) is 55.4 Å². The highest BCUT2D eigenvalue weighted by molar-refractivity contribution is 7.13. The van der Waals surface area contributed by atoms with Gasteiger partial charge in [-0.3, -0.25) is 4.79 Å². The number of hydrogen-bond donors (Lipinski definition) is 3. The number of carbonyl (C=O) groups is 1. The smallest absolute Gasteiger partial charge is 0.233 e. The SMILES string of the molecule is O=C(Nc1nc(C(O)CO)cs1)C(CC1CCCC1)c1cccc(Cl)c1. The summed E-state index contributed by atoms with van der Waals surface area (Å²) >= 11 is 7.37. The van der Waals surface area contributed by atoms with Crippen LogP contribution in [-0.2, 0) is 4.79 Å². The van der Waals surface area contributed by atoms with Gasteiger partial charge in [-0.2, -0.15) is 0 Å². The zero-order chi connectivity index (χ0) is 18.5. The number of aromatic nitrogens is 1. The highest BCUT2D eigenvalue weighted by Gasteiger charge is 2.27. The van der Waals surface area contributed by atoms with Gasteiger partial charge in [0, 0.05) is 10.4 Å². The molecule has 140 valence electrons. The summed E-state index contributed by atoms with van der Waals surface area (Å²) in [5.74, 6) is 0.151. The van der Waals surface area contributed by atoms with E-state index in [9.17, 15) is 9.90 Å². The van der Waals surface area contributed by atoms with Gasteiger partial charge in [0.25, 0.3) is 0 Å². The van der Waals surface area contributed by atoms with Gasteiger partial charge in [-0.25, -0.2) is 4.98 Å². The van der Waals surface area contributed by atoms with Gasteiger partial charge < -0.3 is 15.5 Å². The predicted molar refractivity (Wildman–Crippen MR) is 104 cm³/mol. The van der Waals surface area contributed by atoms with Crippen LogP contribution in [0.2, 0.25) is 5.02 Å². The third kappa shape index (κ3) is 4.82. The van der Waals surface area contributed by atoms with E-state index >= 15 is 0 Å². The van der Waals surface area contributed by atoms with Crippen molar-refractivity contribution in [1.82, 2.24) is 4.98 Å². The van der Waals surface area contributed by atoms with Crippen molar-refractivity contribution in [2.45, 2.75) is 44.1 Å². The molecule has 1 aromatic carbocycles. The Kier molecular flexibility index (Phi) is 6.64. The molecule has 0 aliphatic heterocycles. The van der Waals surface area contributed by atoms with Crippen molar-refractivity contribution in [3.05, 3.63) is 45.9 Å². The zero-order valence-electron chi connectivity index (χ0n) is 14.4. The minimum absolute atomic E-state index is 0.112. The maximum atomic E-state index is 13.0. The minimum Gasteiger partial charge on any atom is -0.393 e. The number of hydrogen-bond acceptors (Lipinski definition) is 5. The first-order valence-electron chi connectivity index (χ1n) is 8.87. The molecule has 1 amide bonds. The molecule has 1 saturated carbocycles. The van der Waals surface area contributed by atoms with Crippen LogP contribution in [0.4, 0.5) is 5.13 Å². The zero-order valence-corrected chi connectivity index (χ0v) is 16.0. The number of nitrogens with zero attached hydrogens (tertiary/aromatic N) is 1. The molecule has 5 nitrogen and oxygen atoms in total. The van der Waals surface area contributed by atoms with Crippen molar-refractivity contribution < 1.29 is 15.0 Å². The van der Waals surface area contributed by atoms with Crippen molar-refractivity contribution in [3.8, 4) is 0 Å². The average Bonchev–Trinajstić information content (AvgIpc) is 3.30. The second kappa shape index (κ2) is 8.95. The molecule has 0 radical (unpaired) electrons. The molecule has 7 heteroatoms. The molecule has 3 rings (SSSR count). The van der Waals surface area contributed by atoms with Crippen LogP contribution in [0.25, 0.3) is 0 Å². The Morgan fingerprint density at radius 1 is 1.38 bits per heavy atom. The van der Waals surface area contributed by atoms with Crippen molar-refractivity contribution in [3.63, 3.8) is 0 Å². The van der Waals surface area contributed by atoms with Gasteiger partial charge in [0.2, 0.25) is 5.91 Å². The highest BCUT2D eigenvalue weighted by atomic mass is 35.5. The lowest BCUT2D eigenvalue weighted by molar-refractivity contribution is -0.118. The van der Waals surface area contributed by atoms with E-state index < -0.39 is 12.7 Å². The standard InChI is InChI=1S/C19H23ClN2O3S/c20-14-7-3-6-13(9-14)15(8-12-4-1-2-5-12)18(25)22-19-21-16(11-26-19)17(24)10-23/h3,6-7,9,11-12,15,17,23-24H,1-2,4-5,8,10H2,(H,21,22,25). The van der Waals surface area contributed by atoms with Crippen LogP contribution in [0.5, 0.6) is 0 Å². The molecule has 1 aromatic heterocycles. The van der Waals surface area contributed by atoms with Crippen molar-refractivity contribution in [2.75, 3.05) is 11.9 Å². The molecule has 1 fully saturated rings. The summed E-state index contributed by atoms with van der Waals surface area (Å²) in [6, 6.07) is 7.46. The average molecular weight is 395 g/mol. The van der Waals surface area contributed by atoms with E-state index in [1.165, 1.54) is 24.2 Å². The molecule has 0 saturated heterocycles. The summed E-state index contributed by atoms with van der Waals surface area (Å²) in [5.41, 5.74) is 1.27. The Morgan fingerprint density at radius 2 is 2.15 bits per heavy atom. The van der Waals surface area contributed by atoms with Gasteiger partial charge in [-0.15, -0.1) is 11.3 Å². The second-order valence-electron chi connectivity index (χ2n) is 6.76. The first kappa shape index (κ1) is 19.3. The van der Waals surface area contributed by atoms with E-state index in [0.717, 1.165) is 24.8 Å². The van der Waals surface area contributed by atoms with Crippen LogP contribution in [0, 0.1) is 5.92 Å². The lowest BCUT2D eigenvalue weighted by Gasteiger charge is -2.20. The third-order valence-corrected chi connectivity index (χ3v) is 5.89. The number of amides is 1. The molecule has 2 atom stereocenters. The Morgan fingerprint density at radius 3 is 2.85 bits per heavy atom. The normalized spacial score (nSPS) is 17.2. The summed E-state index contributed by atoms with van der Waals surface area (Å²) in [6.07, 6.45) is 4.54. The van der Waals surface area contributed by atoms with Gasteiger partial charge in [0.15, 0.2) is 5.13 Å². The summed E-state index contributed by atoms with van der Waals surface area (Å²) in [4.78, 5) is 17.2. The maximum absolute atomic E-state index is 13.0. The fourth-order valence-electron chi connectivity index (χ4n) is 3.48. The topological polar surface area (TPSA) is 82.5 Å². The first-order chi connectivity index (χ1) is 12.6. The van der Waals surface area contributed by atoms with Gasteiger partial charge in [0.1, 0.15) is 6.10 Å². The molecular formula is C19H23ClN2O3S. The maximum Gasteiger partial charge on any atom is 0.233 e. The molecule has 26 heavy (non-hydrogen) atoms. The molecule has 0 bridgehead atoms. The number of aliphatic hydroxyl groups is 2. The number of anilines is 1. The van der Waals surface area contributed by atoms with Gasteiger partial charge in [0.05, 0.1) is 18.2 Å². The van der Waals surface area contributed by atoms with Crippen LogP contribution in [-0.4, -0.2) is 27.7 Å². The van der Waals surface area contributed by atoms with Crippen molar-refractivity contribution >= 4 is 34.0 Å². The summed E-state index contributed by atoms with van der Waals surface area (Å²) in [6.45, 7) is -0.399. The second-order valence-corrected chi connectivity index (χ2v) is 8.05. The van der Waals surface area contributed by atoms with Crippen molar-refractivity contribution in [1.29, 1.82) is 0 Å². The summed E-state index contributed by atoms with van der Waals surface area (Å²) < 4.78 is 0. The quantitative estimate of drug-likeness (QED) is 0.659. The fraction of sp³-hybridized carbons (Fsp3) is 0.474. The molecule has 0 spiro atoms. The van der Waals surface area contributed by atoms with E-state index in [1.54, 1.807) is 11.4 Å². The van der Waals surface area contributed by atoms with E-state index in [-0.39, 0.29) is 11.8 Å². The fourth-order valence-corrected chi connectivity index (χ4v) is 4.44. The number of carbonyl (C=O) groups excluding carboxylic acids is 1. The number of nitrogens with one attached hydrogen (secondary N) is 1. The lowest BCUT2D eigenvalue weighted by Crippen LogP contribution is -2.23. The monoisotopic (exact) mass is 394 g/mol. The number of thiazole rings is 1. The summed E-state index contributed by atoms with van der Waals surface area (Å²) in [7, 11) is 0. The Labute approximate surface area is 162 Å². The molecule has 3 N–H and O–H groups in total. The van der Waals surface area contributed by atoms with Gasteiger partial charge in [-0.1, -0.05) is 49.4 Å². The van der Waals surface area contributed by atoms with Crippen molar-refractivity contribution in [2.24, 2.45) is 5.92 Å². The lowest BCUT2D eigenvalue weighted by atomic mass is 9.87. The van der Waals surface area contributed by atoms with E-state index in [1.807, 2.05) is 18.2 Å². The molecule has 2 aromatic rings. The molecule has 1 aliphatic carbocycles. The summed E-state index contributed by atoms with van der Waals surface area (Å²) in [5, 5.41) is 24.2. The highest BCUT2D eigenvalue weighted by Crippen LogP contribution is 2.35. The largest absolute Gasteiger partial charge is 0.393 e. The van der Waals surface area contributed by atoms with Crippen LogP contribution in [0.3, 0.4) is 0 Å². The van der Waals surface area contributed by atoms with E-state index in [4.69, 9.17) is 16.7 Å². The minimum atomic E-state index is -1.03. The van der Waals surface area contributed by atoms with E-state index in [0.29, 0.717) is 21.8 Å². The third-order valence-electron chi connectivity index (χ3n) is 4.88. The number of aliphatic hydroxyl groups excluding tert-OH is 2. The van der Waals surface area contributed by atoms with Gasteiger partial charge >= 0.3 is 0 Å². The first-order valence-corrected chi connectivity index (χ1v) is 10.1. The Bertz CT molecular complexity index is 746. The van der Waals surface area contributed by atoms with E-state index in [2.05, 4.69) is 10.3 Å².